The van der Waals surface area contributed by atoms with Crippen LogP contribution in [0.1, 0.15) is 29.2 Å². The number of nitrogens with zero attached hydrogens (tertiary/aromatic N) is 1. The number of ketones is 1. The molecule has 5 nitrogen and oxygen atoms in total. The Balaban J connectivity index is 1.82. The van der Waals surface area contributed by atoms with E-state index in [0.29, 0.717) is 35.9 Å². The number of amides is 2. The molecule has 0 aromatic heterocycles. The number of halogens is 2. The fraction of sp³-hybridized carbons (Fsp3) is 0.440. The van der Waals surface area contributed by atoms with Crippen molar-refractivity contribution < 1.29 is 23.1 Å². The van der Waals surface area contributed by atoms with Crippen LogP contribution in [0.5, 0.6) is 0 Å². The minimum Gasteiger partial charge on any atom is -0.380 e. The van der Waals surface area contributed by atoms with E-state index in [1.165, 1.54) is 11.0 Å². The monoisotopic (exact) mass is 474 g/mol. The average Bonchev–Trinajstić information content (AvgIpc) is 3.18. The molecule has 2 aromatic carbocycles. The van der Waals surface area contributed by atoms with Crippen LogP contribution >= 0.6 is 0 Å². The number of hydrogen-bond donors (Lipinski definition) is 1. The molecule has 8 heteroatoms. The van der Waals surface area contributed by atoms with Crippen molar-refractivity contribution in [2.45, 2.75) is 51.3 Å². The predicted octanol–water partition coefficient (Wildman–Crippen LogP) is 4.12. The van der Waals surface area contributed by atoms with Crippen LogP contribution in [0.4, 0.5) is 13.6 Å². The highest BCUT2D eigenvalue weighted by Crippen LogP contribution is 2.21. The first kappa shape index (κ1) is 25.0. The van der Waals surface area contributed by atoms with Gasteiger partial charge in [-0.3, -0.25) is 4.79 Å². The molecule has 1 N–H and O–H groups in total. The third kappa shape index (κ3) is 6.48. The summed E-state index contributed by atoms with van der Waals surface area (Å²) in [5, 5.41) is 3.49. The zero-order valence-corrected chi connectivity index (χ0v) is 20.7. The van der Waals surface area contributed by atoms with E-state index >= 15 is 0 Å². The lowest BCUT2D eigenvalue weighted by Gasteiger charge is -2.23. The van der Waals surface area contributed by atoms with Gasteiger partial charge in [0.2, 0.25) is 0 Å². The minimum atomic E-state index is -1.83. The summed E-state index contributed by atoms with van der Waals surface area (Å²) >= 11 is 0. The molecule has 0 unspecified atom stereocenters. The van der Waals surface area contributed by atoms with Gasteiger partial charge in [-0.1, -0.05) is 56.0 Å². The highest BCUT2D eigenvalue weighted by Gasteiger charge is 2.30. The molecule has 1 aliphatic heterocycles. The Morgan fingerprint density at radius 2 is 1.82 bits per heavy atom. The van der Waals surface area contributed by atoms with Gasteiger partial charge in [0.15, 0.2) is 5.78 Å². The lowest BCUT2D eigenvalue weighted by atomic mass is 9.96. The van der Waals surface area contributed by atoms with Crippen molar-refractivity contribution in [3.63, 3.8) is 0 Å². The molecule has 0 spiro atoms. The molecule has 1 saturated heterocycles. The van der Waals surface area contributed by atoms with Crippen LogP contribution in [0.2, 0.25) is 19.6 Å². The number of nitrogens with one attached hydrogen (secondary N) is 1. The number of ether oxygens (including phenoxy) is 1. The van der Waals surface area contributed by atoms with Gasteiger partial charge in [0, 0.05) is 20.1 Å². The number of urea groups is 1. The van der Waals surface area contributed by atoms with E-state index in [9.17, 15) is 18.4 Å². The molecule has 1 fully saturated rings. The first-order valence-electron chi connectivity index (χ1n) is 11.2. The average molecular weight is 475 g/mol. The van der Waals surface area contributed by atoms with Crippen LogP contribution in [-0.4, -0.2) is 51.2 Å². The van der Waals surface area contributed by atoms with Gasteiger partial charge in [0.25, 0.3) is 0 Å². The maximum Gasteiger partial charge on any atom is 0.318 e. The second kappa shape index (κ2) is 10.6. The number of carbonyl (C=O) groups is 2. The van der Waals surface area contributed by atoms with Gasteiger partial charge in [0.1, 0.15) is 18.0 Å². The molecule has 0 aliphatic carbocycles. The summed E-state index contributed by atoms with van der Waals surface area (Å²) in [7, 11) is -0.235. The number of methoxy groups -OCH3 is 1. The van der Waals surface area contributed by atoms with Crippen molar-refractivity contribution in [3.8, 4) is 0 Å². The number of benzene rings is 2. The lowest BCUT2D eigenvalue weighted by Crippen LogP contribution is -2.43. The van der Waals surface area contributed by atoms with Gasteiger partial charge < -0.3 is 15.0 Å². The Kier molecular flexibility index (Phi) is 8.02. The number of alkyl halides is 1. The Morgan fingerprint density at radius 3 is 2.36 bits per heavy atom. The molecule has 1 aliphatic rings. The molecule has 0 bridgehead atoms. The molecular weight excluding hydrogens is 442 g/mol. The van der Waals surface area contributed by atoms with Crippen molar-refractivity contribution >= 4 is 25.1 Å². The Hall–Kier alpha value is -2.58. The summed E-state index contributed by atoms with van der Waals surface area (Å²) < 4.78 is 33.4. The van der Waals surface area contributed by atoms with Gasteiger partial charge in [0.05, 0.1) is 21.2 Å². The maximum atomic E-state index is 14.7. The minimum absolute atomic E-state index is 0.0168. The van der Waals surface area contributed by atoms with Crippen molar-refractivity contribution in [2.75, 3.05) is 20.2 Å². The third-order valence-corrected chi connectivity index (χ3v) is 7.87. The fourth-order valence-corrected chi connectivity index (χ4v) is 5.39. The molecular formula is C25H32F2N2O3Si. The second-order valence-electron chi connectivity index (χ2n) is 9.60. The molecule has 2 aromatic rings. The summed E-state index contributed by atoms with van der Waals surface area (Å²) in [6.07, 6.45) is -0.786. The summed E-state index contributed by atoms with van der Waals surface area (Å²) in [5.41, 5.74) is 2.10. The third-order valence-electron chi connectivity index (χ3n) is 5.85. The van der Waals surface area contributed by atoms with E-state index in [1.54, 1.807) is 31.4 Å². The van der Waals surface area contributed by atoms with Crippen molar-refractivity contribution in [1.29, 1.82) is 0 Å². The normalized spacial score (nSPS) is 17.2. The molecule has 0 radical (unpaired) electrons. The Bertz CT molecular complexity index is 992. The fourth-order valence-electron chi connectivity index (χ4n) is 4.02. The van der Waals surface area contributed by atoms with Crippen LogP contribution in [0, 0.1) is 5.82 Å². The number of likely N-dealkylation sites (tertiary alicyclic amines) is 1. The van der Waals surface area contributed by atoms with E-state index in [0.717, 1.165) is 5.56 Å². The Labute approximate surface area is 195 Å². The summed E-state index contributed by atoms with van der Waals surface area (Å²) in [5.74, 6) is -0.561. The number of Topliss-reactive ketones (excluding diaryl/α,β-unsaturated/α-hetero) is 1. The highest BCUT2D eigenvalue weighted by molar-refractivity contribution is 6.88. The molecule has 33 heavy (non-hydrogen) atoms. The summed E-state index contributed by atoms with van der Waals surface area (Å²) in [6.45, 7) is 6.95. The molecule has 1 heterocycles. The smallest absolute Gasteiger partial charge is 0.318 e. The van der Waals surface area contributed by atoms with E-state index in [1.807, 2.05) is 12.1 Å². The van der Waals surface area contributed by atoms with E-state index in [2.05, 4.69) is 25.0 Å². The van der Waals surface area contributed by atoms with Gasteiger partial charge in [-0.05, 0) is 34.4 Å². The maximum absolute atomic E-state index is 14.7. The van der Waals surface area contributed by atoms with Gasteiger partial charge in [-0.25, -0.2) is 13.6 Å². The molecule has 178 valence electrons. The molecule has 2 atom stereocenters. The van der Waals surface area contributed by atoms with Crippen LogP contribution < -0.4 is 10.5 Å². The van der Waals surface area contributed by atoms with E-state index < -0.39 is 26.3 Å². The number of rotatable bonds is 8. The first-order chi connectivity index (χ1) is 15.6. The Morgan fingerprint density at radius 1 is 1.15 bits per heavy atom. The predicted molar refractivity (Wildman–Crippen MR) is 128 cm³/mol. The molecule has 2 amide bonds. The van der Waals surface area contributed by atoms with Crippen LogP contribution in [-0.2, 0) is 22.6 Å². The van der Waals surface area contributed by atoms with Gasteiger partial charge in [-0.15, -0.1) is 0 Å². The van der Waals surface area contributed by atoms with Gasteiger partial charge in [-0.2, -0.15) is 0 Å². The van der Waals surface area contributed by atoms with E-state index in [-0.39, 0.29) is 24.6 Å². The number of hydrogen-bond acceptors (Lipinski definition) is 3. The quantitative estimate of drug-likeness (QED) is 0.586. The topological polar surface area (TPSA) is 58.6 Å². The standard InChI is InChI=1S/C25H32F2N2O3Si/c1-32-16-17-5-8-19(9-6-17)24(28-25(31)29-12-11-20(26)15-29)22(30)14-18-7-10-23(21(27)13-18)33(2,3)4/h5-10,13,20,24H,11-12,14-16H2,1-4H3,(H,28,31)/t20-,24-/m1/s1. The van der Waals surface area contributed by atoms with Crippen molar-refractivity contribution in [3.05, 3.63) is 65.0 Å². The second-order valence-corrected chi connectivity index (χ2v) is 14.6. The molecule has 3 rings (SSSR count). The van der Waals surface area contributed by atoms with Crippen LogP contribution in [0.3, 0.4) is 0 Å². The summed E-state index contributed by atoms with van der Waals surface area (Å²) in [4.78, 5) is 27.4. The largest absolute Gasteiger partial charge is 0.380 e. The van der Waals surface area contributed by atoms with Crippen LogP contribution in [0.15, 0.2) is 42.5 Å². The van der Waals surface area contributed by atoms with Crippen molar-refractivity contribution in [1.82, 2.24) is 10.2 Å². The zero-order chi connectivity index (χ0) is 24.2. The lowest BCUT2D eigenvalue weighted by molar-refractivity contribution is -0.120. The van der Waals surface area contributed by atoms with Gasteiger partial charge >= 0.3 is 6.03 Å². The number of carbonyl (C=O) groups excluding carboxylic acids is 2. The van der Waals surface area contributed by atoms with Crippen molar-refractivity contribution in [2.24, 2.45) is 0 Å². The summed E-state index contributed by atoms with van der Waals surface area (Å²) in [6, 6.07) is 10.8. The highest BCUT2D eigenvalue weighted by atomic mass is 28.3. The molecule has 0 saturated carbocycles. The first-order valence-corrected chi connectivity index (χ1v) is 14.7. The van der Waals surface area contributed by atoms with Crippen LogP contribution in [0.25, 0.3) is 0 Å². The zero-order valence-electron chi connectivity index (χ0n) is 19.7. The SMILES string of the molecule is COCc1ccc([C@@H](NC(=O)N2CC[C@@H](F)C2)C(=O)Cc2ccc([Si](C)(C)C)c(F)c2)cc1. The van der Waals surface area contributed by atoms with E-state index in [4.69, 9.17) is 4.74 Å².